The number of nitrogens with one attached hydrogen (secondary N) is 1. The minimum atomic E-state index is -0.885. The number of benzene rings is 1. The van der Waals surface area contributed by atoms with E-state index < -0.39 is 6.10 Å². The van der Waals surface area contributed by atoms with E-state index in [2.05, 4.69) is 5.32 Å². The first-order chi connectivity index (χ1) is 10.6. The lowest BCUT2D eigenvalue weighted by Crippen LogP contribution is -2.32. The smallest absolute Gasteiger partial charge is 0.258 e. The van der Waals surface area contributed by atoms with E-state index in [4.69, 9.17) is 13.9 Å². The molecule has 2 rings (SSSR count). The van der Waals surface area contributed by atoms with Crippen LogP contribution < -0.4 is 14.8 Å². The fourth-order valence-corrected chi connectivity index (χ4v) is 1.88. The Hall–Kier alpha value is -2.47. The van der Waals surface area contributed by atoms with E-state index in [0.29, 0.717) is 23.0 Å². The van der Waals surface area contributed by atoms with Gasteiger partial charge in [-0.3, -0.25) is 4.79 Å². The predicted molar refractivity (Wildman–Crippen MR) is 79.9 cm³/mol. The molecule has 0 saturated heterocycles. The number of furan rings is 1. The number of para-hydroxylation sites is 2. The van der Waals surface area contributed by atoms with E-state index in [1.54, 1.807) is 37.3 Å². The van der Waals surface area contributed by atoms with E-state index >= 15 is 0 Å². The van der Waals surface area contributed by atoms with Gasteiger partial charge in [0.05, 0.1) is 13.7 Å². The lowest BCUT2D eigenvalue weighted by Gasteiger charge is -2.12. The maximum Gasteiger partial charge on any atom is 0.258 e. The molecule has 0 aliphatic rings. The van der Waals surface area contributed by atoms with Crippen LogP contribution >= 0.6 is 0 Å². The van der Waals surface area contributed by atoms with Gasteiger partial charge in [0, 0.05) is 0 Å². The van der Waals surface area contributed by atoms with E-state index in [1.165, 1.54) is 7.11 Å². The quantitative estimate of drug-likeness (QED) is 0.815. The number of amides is 1. The highest BCUT2D eigenvalue weighted by Gasteiger charge is 2.13. The molecule has 0 bridgehead atoms. The standard InChI is InChI=1S/C16H19NO5/c1-11-7-8-13(22-11)12(18)9-17-16(19)10-21-15-6-4-3-5-14(15)20-2/h3-8,12,18H,9-10H2,1-2H3,(H,17,19). The second-order valence-electron chi connectivity index (χ2n) is 4.71. The van der Waals surface area contributed by atoms with Gasteiger partial charge in [-0.1, -0.05) is 12.1 Å². The van der Waals surface area contributed by atoms with Crippen molar-refractivity contribution in [2.45, 2.75) is 13.0 Å². The van der Waals surface area contributed by atoms with Crippen LogP contribution in [-0.2, 0) is 4.79 Å². The van der Waals surface area contributed by atoms with Crippen LogP contribution in [0.3, 0.4) is 0 Å². The maximum absolute atomic E-state index is 11.7. The highest BCUT2D eigenvalue weighted by atomic mass is 16.5. The van der Waals surface area contributed by atoms with Gasteiger partial charge in [0.15, 0.2) is 18.1 Å². The number of carbonyl (C=O) groups excluding carboxylic acids is 1. The molecule has 0 radical (unpaired) electrons. The van der Waals surface area contributed by atoms with Gasteiger partial charge in [-0.15, -0.1) is 0 Å². The van der Waals surface area contributed by atoms with Crippen molar-refractivity contribution in [1.29, 1.82) is 0 Å². The zero-order valence-corrected chi connectivity index (χ0v) is 12.5. The molecule has 0 spiro atoms. The first kappa shape index (κ1) is 15.9. The monoisotopic (exact) mass is 305 g/mol. The normalized spacial score (nSPS) is 11.8. The van der Waals surface area contributed by atoms with Crippen LogP contribution in [0.5, 0.6) is 11.5 Å². The van der Waals surface area contributed by atoms with Gasteiger partial charge >= 0.3 is 0 Å². The molecule has 1 aromatic carbocycles. The number of aliphatic hydroxyl groups is 1. The summed E-state index contributed by atoms with van der Waals surface area (Å²) >= 11 is 0. The molecule has 22 heavy (non-hydrogen) atoms. The highest BCUT2D eigenvalue weighted by molar-refractivity contribution is 5.77. The van der Waals surface area contributed by atoms with Gasteiger partial charge < -0.3 is 24.3 Å². The fourth-order valence-electron chi connectivity index (χ4n) is 1.88. The lowest BCUT2D eigenvalue weighted by molar-refractivity contribution is -0.123. The first-order valence-electron chi connectivity index (χ1n) is 6.87. The highest BCUT2D eigenvalue weighted by Crippen LogP contribution is 2.25. The summed E-state index contributed by atoms with van der Waals surface area (Å²) in [5.41, 5.74) is 0. The van der Waals surface area contributed by atoms with Gasteiger partial charge in [0.1, 0.15) is 17.6 Å². The zero-order chi connectivity index (χ0) is 15.9. The Morgan fingerprint density at radius 3 is 2.64 bits per heavy atom. The van der Waals surface area contributed by atoms with Crippen LogP contribution in [0.2, 0.25) is 0 Å². The van der Waals surface area contributed by atoms with Crippen LogP contribution in [0.1, 0.15) is 17.6 Å². The fraction of sp³-hybridized carbons (Fsp3) is 0.312. The molecule has 2 aromatic rings. The van der Waals surface area contributed by atoms with Crippen molar-refractivity contribution in [1.82, 2.24) is 5.32 Å². The topological polar surface area (TPSA) is 80.9 Å². The SMILES string of the molecule is COc1ccccc1OCC(=O)NCC(O)c1ccc(C)o1. The summed E-state index contributed by atoms with van der Waals surface area (Å²) in [7, 11) is 1.53. The second-order valence-corrected chi connectivity index (χ2v) is 4.71. The molecule has 0 aliphatic heterocycles. The average Bonchev–Trinajstić information content (AvgIpc) is 2.97. The molecule has 0 fully saturated rings. The molecule has 6 heteroatoms. The molecular formula is C16H19NO5. The number of methoxy groups -OCH3 is 1. The summed E-state index contributed by atoms with van der Waals surface area (Å²) in [6.07, 6.45) is -0.885. The van der Waals surface area contributed by atoms with Gasteiger partial charge in [-0.05, 0) is 31.2 Å². The Balaban J connectivity index is 1.78. The van der Waals surface area contributed by atoms with Crippen LogP contribution in [0, 0.1) is 6.92 Å². The largest absolute Gasteiger partial charge is 0.493 e. The van der Waals surface area contributed by atoms with Crippen molar-refractivity contribution < 1.29 is 23.8 Å². The summed E-state index contributed by atoms with van der Waals surface area (Å²) in [6.45, 7) is 1.68. The van der Waals surface area contributed by atoms with Crippen molar-refractivity contribution in [3.8, 4) is 11.5 Å². The molecule has 2 N–H and O–H groups in total. The molecular weight excluding hydrogens is 286 g/mol. The van der Waals surface area contributed by atoms with Crippen LogP contribution in [0.15, 0.2) is 40.8 Å². The Morgan fingerprint density at radius 1 is 1.27 bits per heavy atom. The molecule has 1 aromatic heterocycles. The Bertz CT molecular complexity index is 623. The van der Waals surface area contributed by atoms with Gasteiger partial charge in [-0.2, -0.15) is 0 Å². The Kier molecular flexibility index (Phi) is 5.43. The number of hydrogen-bond acceptors (Lipinski definition) is 5. The molecule has 6 nitrogen and oxygen atoms in total. The molecule has 0 aliphatic carbocycles. The summed E-state index contributed by atoms with van der Waals surface area (Å²) in [5.74, 6) is 1.83. The van der Waals surface area contributed by atoms with E-state index in [0.717, 1.165) is 0 Å². The van der Waals surface area contributed by atoms with Gasteiger partial charge in [0.2, 0.25) is 0 Å². The average molecular weight is 305 g/mol. The lowest BCUT2D eigenvalue weighted by atomic mass is 10.2. The second kappa shape index (κ2) is 7.51. The van der Waals surface area contributed by atoms with Crippen LogP contribution in [-0.4, -0.2) is 31.3 Å². The number of aryl methyl sites for hydroxylation is 1. The molecule has 1 heterocycles. The number of rotatable bonds is 7. The number of hydrogen-bond donors (Lipinski definition) is 2. The van der Waals surface area contributed by atoms with Crippen molar-refractivity contribution in [3.63, 3.8) is 0 Å². The van der Waals surface area contributed by atoms with Crippen molar-refractivity contribution in [3.05, 3.63) is 47.9 Å². The summed E-state index contributed by atoms with van der Waals surface area (Å²) in [5, 5.41) is 12.5. The molecule has 0 saturated carbocycles. The van der Waals surface area contributed by atoms with Crippen LogP contribution in [0.4, 0.5) is 0 Å². The Morgan fingerprint density at radius 2 is 2.00 bits per heavy atom. The molecule has 1 amide bonds. The van der Waals surface area contributed by atoms with Gasteiger partial charge in [0.25, 0.3) is 5.91 Å². The number of aliphatic hydroxyl groups excluding tert-OH is 1. The minimum Gasteiger partial charge on any atom is -0.493 e. The van der Waals surface area contributed by atoms with E-state index in [9.17, 15) is 9.90 Å². The van der Waals surface area contributed by atoms with Crippen LogP contribution in [0.25, 0.3) is 0 Å². The third kappa shape index (κ3) is 4.26. The van der Waals surface area contributed by atoms with Crippen molar-refractivity contribution in [2.75, 3.05) is 20.3 Å². The predicted octanol–water partition coefficient (Wildman–Crippen LogP) is 1.83. The summed E-state index contributed by atoms with van der Waals surface area (Å²) < 4.78 is 15.8. The summed E-state index contributed by atoms with van der Waals surface area (Å²) in [6, 6.07) is 10.5. The van der Waals surface area contributed by atoms with Crippen molar-refractivity contribution >= 4 is 5.91 Å². The number of ether oxygens (including phenoxy) is 2. The minimum absolute atomic E-state index is 0.0566. The van der Waals surface area contributed by atoms with E-state index in [1.807, 2.05) is 6.07 Å². The molecule has 1 atom stereocenters. The van der Waals surface area contributed by atoms with Crippen molar-refractivity contribution in [2.24, 2.45) is 0 Å². The Labute approximate surface area is 128 Å². The molecule has 118 valence electrons. The third-order valence-electron chi connectivity index (χ3n) is 3.01. The van der Waals surface area contributed by atoms with Gasteiger partial charge in [-0.25, -0.2) is 0 Å². The van der Waals surface area contributed by atoms with E-state index in [-0.39, 0.29) is 19.1 Å². The third-order valence-corrected chi connectivity index (χ3v) is 3.01. The number of carbonyl (C=O) groups is 1. The maximum atomic E-state index is 11.7. The first-order valence-corrected chi connectivity index (χ1v) is 6.87. The zero-order valence-electron chi connectivity index (χ0n) is 12.5. The summed E-state index contributed by atoms with van der Waals surface area (Å²) in [4.78, 5) is 11.7. The molecule has 1 unspecified atom stereocenters.